The maximum Gasteiger partial charge on any atom is 0.115 e. The predicted molar refractivity (Wildman–Crippen MR) is 132 cm³/mol. The van der Waals surface area contributed by atoms with Gasteiger partial charge in [-0.05, 0) is 60.1 Å². The molecule has 0 heterocycles. The summed E-state index contributed by atoms with van der Waals surface area (Å²) >= 11 is 2.47. The van der Waals surface area contributed by atoms with Gasteiger partial charge in [0.05, 0.1) is 6.16 Å². The summed E-state index contributed by atoms with van der Waals surface area (Å²) < 4.78 is 1.25. The van der Waals surface area contributed by atoms with Crippen LogP contribution in [0.1, 0.15) is 19.3 Å². The van der Waals surface area contributed by atoms with Gasteiger partial charge in [-0.2, -0.15) is 0 Å². The Balaban J connectivity index is 0.00000280. The summed E-state index contributed by atoms with van der Waals surface area (Å²) in [6.45, 7) is 0. The van der Waals surface area contributed by atoms with Crippen LogP contribution in [0.15, 0.2) is 103 Å². The minimum atomic E-state index is -1.70. The van der Waals surface area contributed by atoms with Crippen LogP contribution in [0, 0.1) is 0 Å². The number of allylic oxidation sites excluding steroid dienone is 2. The van der Waals surface area contributed by atoms with E-state index in [1.54, 1.807) is 0 Å². The highest BCUT2D eigenvalue weighted by molar-refractivity contribution is 14.1. The largest absolute Gasteiger partial charge is 1.00 e. The fourth-order valence-electron chi connectivity index (χ4n) is 3.52. The van der Waals surface area contributed by atoms with E-state index < -0.39 is 7.26 Å². The number of rotatable bonds is 9. The van der Waals surface area contributed by atoms with Crippen LogP contribution in [0.2, 0.25) is 0 Å². The van der Waals surface area contributed by atoms with Crippen molar-refractivity contribution in [1.29, 1.82) is 0 Å². The molecule has 28 heavy (non-hydrogen) atoms. The SMILES string of the molecule is ICCCCC=CC[P+](c1ccccc1)(c1ccccc1)c1ccccc1.[I-]. The standard InChI is InChI=1S/C25H27IP.HI/c26-21-13-2-1-3-14-22-27(23-15-7-4-8-16-23,24-17-9-5-10-18-24)25-19-11-6-12-20-25;/h3-12,14-20H,1-2,13,21-22H2;1H/q+1;/p-1. The van der Waals surface area contributed by atoms with Crippen molar-refractivity contribution in [3.8, 4) is 0 Å². The van der Waals surface area contributed by atoms with Crippen LogP contribution >= 0.6 is 29.9 Å². The van der Waals surface area contributed by atoms with E-state index in [0.717, 1.165) is 6.16 Å². The molecule has 0 aliphatic rings. The number of hydrogen-bond acceptors (Lipinski definition) is 0. The molecule has 146 valence electrons. The van der Waals surface area contributed by atoms with Crippen LogP contribution in [-0.2, 0) is 0 Å². The predicted octanol–water partition coefficient (Wildman–Crippen LogP) is 3.15. The molecule has 0 aliphatic heterocycles. The summed E-state index contributed by atoms with van der Waals surface area (Å²) in [6, 6.07) is 33.3. The topological polar surface area (TPSA) is 0 Å². The Labute approximate surface area is 201 Å². The molecule has 0 atom stereocenters. The lowest BCUT2D eigenvalue weighted by Crippen LogP contribution is -3.00. The molecule has 3 rings (SSSR count). The molecule has 0 nitrogen and oxygen atoms in total. The van der Waals surface area contributed by atoms with Crippen LogP contribution in [-0.4, -0.2) is 10.6 Å². The molecule has 3 aromatic rings. The molecule has 0 unspecified atom stereocenters. The van der Waals surface area contributed by atoms with Crippen LogP contribution in [0.25, 0.3) is 0 Å². The summed E-state index contributed by atoms with van der Waals surface area (Å²) in [5.41, 5.74) is 0. The van der Waals surface area contributed by atoms with E-state index in [9.17, 15) is 0 Å². The maximum atomic E-state index is 2.47. The number of halogens is 2. The Morgan fingerprint density at radius 1 is 0.607 bits per heavy atom. The average molecular weight is 612 g/mol. The van der Waals surface area contributed by atoms with Crippen molar-refractivity contribution in [3.63, 3.8) is 0 Å². The van der Waals surface area contributed by atoms with Crippen LogP contribution in [0.3, 0.4) is 0 Å². The molecule has 0 saturated carbocycles. The molecule has 0 aliphatic carbocycles. The van der Waals surface area contributed by atoms with Gasteiger partial charge in [0.1, 0.15) is 23.2 Å². The lowest BCUT2D eigenvalue weighted by Gasteiger charge is -2.26. The zero-order valence-corrected chi connectivity index (χ0v) is 21.3. The minimum absolute atomic E-state index is 0. The van der Waals surface area contributed by atoms with Crippen LogP contribution < -0.4 is 39.9 Å². The van der Waals surface area contributed by atoms with Crippen LogP contribution in [0.5, 0.6) is 0 Å². The van der Waals surface area contributed by atoms with E-state index >= 15 is 0 Å². The molecule has 0 saturated heterocycles. The molecule has 3 heteroatoms. The van der Waals surface area contributed by atoms with E-state index in [4.69, 9.17) is 0 Å². The van der Waals surface area contributed by atoms with Crippen molar-refractivity contribution >= 4 is 45.8 Å². The van der Waals surface area contributed by atoms with Gasteiger partial charge in [0.25, 0.3) is 0 Å². The molecular weight excluding hydrogens is 585 g/mol. The Morgan fingerprint density at radius 2 is 1.04 bits per heavy atom. The first-order chi connectivity index (χ1) is 13.4. The van der Waals surface area contributed by atoms with Gasteiger partial charge in [-0.25, -0.2) is 0 Å². The van der Waals surface area contributed by atoms with Gasteiger partial charge in [0.15, 0.2) is 0 Å². The van der Waals surface area contributed by atoms with Gasteiger partial charge < -0.3 is 24.0 Å². The normalized spacial score (nSPS) is 11.3. The van der Waals surface area contributed by atoms with E-state index in [2.05, 4.69) is 126 Å². The summed E-state index contributed by atoms with van der Waals surface area (Å²) in [7, 11) is -1.70. The second kappa shape index (κ2) is 12.8. The molecule has 3 aromatic carbocycles. The quantitative estimate of drug-likeness (QED) is 0.115. The summed E-state index contributed by atoms with van der Waals surface area (Å²) in [4.78, 5) is 0. The third kappa shape index (κ3) is 5.90. The molecule has 0 aromatic heterocycles. The van der Waals surface area contributed by atoms with Gasteiger partial charge in [-0.3, -0.25) is 0 Å². The molecule has 0 bridgehead atoms. The fraction of sp³-hybridized carbons (Fsp3) is 0.200. The third-order valence-corrected chi connectivity index (χ3v) is 9.95. The van der Waals surface area contributed by atoms with Crippen molar-refractivity contribution in [2.75, 3.05) is 10.6 Å². The first-order valence-corrected chi connectivity index (χ1v) is 13.1. The Kier molecular flexibility index (Phi) is 10.7. The Morgan fingerprint density at radius 3 is 1.43 bits per heavy atom. The Bertz CT molecular complexity index is 720. The van der Waals surface area contributed by atoms with E-state index in [1.807, 2.05) is 0 Å². The highest BCUT2D eigenvalue weighted by atomic mass is 127. The molecule has 0 fully saturated rings. The van der Waals surface area contributed by atoms with E-state index in [0.29, 0.717) is 0 Å². The summed E-state index contributed by atoms with van der Waals surface area (Å²) in [6.07, 6.45) is 9.69. The molecule has 0 radical (unpaired) electrons. The molecule has 0 N–H and O–H groups in total. The van der Waals surface area contributed by atoms with E-state index in [1.165, 1.54) is 39.6 Å². The van der Waals surface area contributed by atoms with Crippen molar-refractivity contribution < 1.29 is 24.0 Å². The average Bonchev–Trinajstić information content (AvgIpc) is 2.75. The lowest BCUT2D eigenvalue weighted by molar-refractivity contribution is -0.00000516. The first-order valence-electron chi connectivity index (χ1n) is 9.64. The van der Waals surface area contributed by atoms with Crippen LogP contribution in [0.4, 0.5) is 0 Å². The van der Waals surface area contributed by atoms with Crippen molar-refractivity contribution in [2.45, 2.75) is 19.3 Å². The zero-order chi connectivity index (χ0) is 18.8. The fourth-order valence-corrected chi connectivity index (χ4v) is 8.09. The van der Waals surface area contributed by atoms with Crippen molar-refractivity contribution in [3.05, 3.63) is 103 Å². The molecule has 0 amide bonds. The lowest BCUT2D eigenvalue weighted by atomic mass is 10.2. The summed E-state index contributed by atoms with van der Waals surface area (Å²) in [5.74, 6) is 0. The van der Waals surface area contributed by atoms with Gasteiger partial charge in [0, 0.05) is 0 Å². The van der Waals surface area contributed by atoms with Gasteiger partial charge in [-0.1, -0.05) is 89.3 Å². The number of hydrogen-bond donors (Lipinski definition) is 0. The van der Waals surface area contributed by atoms with Gasteiger partial charge >= 0.3 is 0 Å². The van der Waals surface area contributed by atoms with Gasteiger partial charge in [-0.15, -0.1) is 0 Å². The van der Waals surface area contributed by atoms with Gasteiger partial charge in [0.2, 0.25) is 0 Å². The summed E-state index contributed by atoms with van der Waals surface area (Å²) in [5, 5.41) is 4.37. The number of unbranched alkanes of at least 4 members (excludes halogenated alkanes) is 2. The first kappa shape index (κ1) is 23.6. The molecule has 0 spiro atoms. The second-order valence-corrected chi connectivity index (χ2v) is 11.3. The number of alkyl halides is 1. The maximum absolute atomic E-state index is 2.47. The highest BCUT2D eigenvalue weighted by Crippen LogP contribution is 2.55. The van der Waals surface area contributed by atoms with Crippen molar-refractivity contribution in [1.82, 2.24) is 0 Å². The highest BCUT2D eigenvalue weighted by Gasteiger charge is 2.43. The third-order valence-electron chi connectivity index (χ3n) is 4.89. The number of benzene rings is 3. The monoisotopic (exact) mass is 612 g/mol. The van der Waals surface area contributed by atoms with Crippen molar-refractivity contribution in [2.24, 2.45) is 0 Å². The zero-order valence-electron chi connectivity index (χ0n) is 16.1. The van der Waals surface area contributed by atoms with E-state index in [-0.39, 0.29) is 24.0 Å². The smallest absolute Gasteiger partial charge is 0.115 e. The Hall–Kier alpha value is -0.710. The second-order valence-electron chi connectivity index (χ2n) is 6.66. The molecular formula is C25H27I2P. The minimum Gasteiger partial charge on any atom is -1.00 e.